The fourth-order valence-corrected chi connectivity index (χ4v) is 3.24. The Morgan fingerprint density at radius 3 is 2.57 bits per heavy atom. The molecule has 0 spiro atoms. The van der Waals surface area contributed by atoms with Crippen molar-refractivity contribution in [3.63, 3.8) is 0 Å². The van der Waals surface area contributed by atoms with Gasteiger partial charge >= 0.3 is 0 Å². The summed E-state index contributed by atoms with van der Waals surface area (Å²) in [5.74, 6) is -1.88. The first kappa shape index (κ1) is 16.2. The summed E-state index contributed by atoms with van der Waals surface area (Å²) in [6, 6.07) is 2.44. The highest BCUT2D eigenvalue weighted by Crippen LogP contribution is 2.36. The molecule has 116 valence electrons. The van der Waals surface area contributed by atoms with E-state index in [1.807, 2.05) is 0 Å². The molecule has 1 aliphatic carbocycles. The van der Waals surface area contributed by atoms with Crippen LogP contribution in [-0.4, -0.2) is 18.3 Å². The van der Waals surface area contributed by atoms with Crippen LogP contribution in [0.15, 0.2) is 12.1 Å². The van der Waals surface area contributed by atoms with Gasteiger partial charge in [-0.05, 0) is 31.4 Å². The molecule has 1 aliphatic rings. The van der Waals surface area contributed by atoms with Crippen LogP contribution in [0.25, 0.3) is 0 Å². The molecule has 1 N–H and O–H groups in total. The SMILES string of the molecule is Cc1ccc(F)c(C(=O)NCC2(CCl)CCCCC2)c1F. The number of halogens is 3. The molecular weight excluding hydrogens is 296 g/mol. The lowest BCUT2D eigenvalue weighted by Gasteiger charge is -2.35. The van der Waals surface area contributed by atoms with Crippen LogP contribution in [0.2, 0.25) is 0 Å². The Labute approximate surface area is 128 Å². The topological polar surface area (TPSA) is 29.1 Å². The van der Waals surface area contributed by atoms with Gasteiger partial charge in [0.15, 0.2) is 0 Å². The average molecular weight is 316 g/mol. The number of carbonyl (C=O) groups excluding carboxylic acids is 1. The summed E-state index contributed by atoms with van der Waals surface area (Å²) in [4.78, 5) is 12.1. The van der Waals surface area contributed by atoms with E-state index in [0.717, 1.165) is 31.7 Å². The molecular formula is C16H20ClF2NO. The van der Waals surface area contributed by atoms with Gasteiger partial charge in [-0.3, -0.25) is 4.79 Å². The van der Waals surface area contributed by atoms with Crippen molar-refractivity contribution in [3.05, 3.63) is 34.9 Å². The van der Waals surface area contributed by atoms with Crippen LogP contribution in [0.1, 0.15) is 48.0 Å². The highest BCUT2D eigenvalue weighted by Gasteiger charge is 2.32. The summed E-state index contributed by atoms with van der Waals surface area (Å²) in [5, 5.41) is 2.67. The number of aryl methyl sites for hydroxylation is 1. The summed E-state index contributed by atoms with van der Waals surface area (Å²) in [7, 11) is 0. The lowest BCUT2D eigenvalue weighted by molar-refractivity contribution is 0.0912. The van der Waals surface area contributed by atoms with Crippen molar-refractivity contribution in [2.45, 2.75) is 39.0 Å². The van der Waals surface area contributed by atoms with E-state index < -0.39 is 23.1 Å². The van der Waals surface area contributed by atoms with Crippen LogP contribution in [-0.2, 0) is 0 Å². The van der Waals surface area contributed by atoms with Crippen molar-refractivity contribution >= 4 is 17.5 Å². The Balaban J connectivity index is 2.10. The largest absolute Gasteiger partial charge is 0.351 e. The normalized spacial score (nSPS) is 17.5. The first-order chi connectivity index (χ1) is 9.99. The molecule has 0 atom stereocenters. The van der Waals surface area contributed by atoms with E-state index in [9.17, 15) is 13.6 Å². The molecule has 0 radical (unpaired) electrons. The summed E-state index contributed by atoms with van der Waals surface area (Å²) in [5.41, 5.74) is -0.395. The van der Waals surface area contributed by atoms with Crippen molar-refractivity contribution in [1.82, 2.24) is 5.32 Å². The second kappa shape index (κ2) is 6.73. The molecule has 5 heteroatoms. The van der Waals surface area contributed by atoms with Gasteiger partial charge in [0.25, 0.3) is 5.91 Å². The van der Waals surface area contributed by atoms with E-state index in [1.54, 1.807) is 0 Å². The van der Waals surface area contributed by atoms with Crippen LogP contribution >= 0.6 is 11.6 Å². The van der Waals surface area contributed by atoms with E-state index in [0.29, 0.717) is 12.4 Å². The molecule has 0 bridgehead atoms. The maximum Gasteiger partial charge on any atom is 0.257 e. The van der Waals surface area contributed by atoms with Crippen LogP contribution in [0.4, 0.5) is 8.78 Å². The fraction of sp³-hybridized carbons (Fsp3) is 0.562. The molecule has 0 heterocycles. The fourth-order valence-electron chi connectivity index (χ4n) is 2.88. The zero-order valence-corrected chi connectivity index (χ0v) is 12.9. The van der Waals surface area contributed by atoms with Gasteiger partial charge in [-0.15, -0.1) is 11.6 Å². The van der Waals surface area contributed by atoms with E-state index in [2.05, 4.69) is 5.32 Å². The first-order valence-electron chi connectivity index (χ1n) is 7.28. The maximum absolute atomic E-state index is 13.9. The molecule has 0 unspecified atom stereocenters. The number of benzene rings is 1. The third-order valence-electron chi connectivity index (χ3n) is 4.33. The smallest absolute Gasteiger partial charge is 0.257 e. The standard InChI is InChI=1S/C16H20ClF2NO/c1-11-5-6-12(18)13(14(11)19)15(21)20-10-16(9-17)7-3-2-4-8-16/h5-6H,2-4,7-10H2,1H3,(H,20,21). The Morgan fingerprint density at radius 1 is 1.29 bits per heavy atom. The van der Waals surface area contributed by atoms with E-state index in [4.69, 9.17) is 11.6 Å². The number of hydrogen-bond acceptors (Lipinski definition) is 1. The second-order valence-corrected chi connectivity index (χ2v) is 6.20. The molecule has 21 heavy (non-hydrogen) atoms. The molecule has 1 aromatic carbocycles. The van der Waals surface area contributed by atoms with Crippen LogP contribution in [0, 0.1) is 24.0 Å². The highest BCUT2D eigenvalue weighted by molar-refractivity contribution is 6.18. The number of amides is 1. The molecule has 0 aromatic heterocycles. The van der Waals surface area contributed by atoms with Crippen molar-refractivity contribution in [2.24, 2.45) is 5.41 Å². The molecule has 1 aromatic rings. The Hall–Kier alpha value is -1.16. The van der Waals surface area contributed by atoms with Crippen molar-refractivity contribution < 1.29 is 13.6 Å². The minimum absolute atomic E-state index is 0.147. The molecule has 0 aliphatic heterocycles. The Kier molecular flexibility index (Phi) is 5.20. The van der Waals surface area contributed by atoms with Crippen LogP contribution < -0.4 is 5.32 Å². The molecule has 2 nitrogen and oxygen atoms in total. The Bertz CT molecular complexity index is 527. The van der Waals surface area contributed by atoms with Gasteiger partial charge < -0.3 is 5.32 Å². The lowest BCUT2D eigenvalue weighted by Crippen LogP contribution is -2.40. The van der Waals surface area contributed by atoms with Gasteiger partial charge in [-0.1, -0.05) is 25.3 Å². The third kappa shape index (κ3) is 3.54. The zero-order chi connectivity index (χ0) is 15.5. The van der Waals surface area contributed by atoms with Crippen molar-refractivity contribution in [2.75, 3.05) is 12.4 Å². The predicted molar refractivity (Wildman–Crippen MR) is 79.7 cm³/mol. The maximum atomic E-state index is 13.9. The quantitative estimate of drug-likeness (QED) is 0.829. The number of carbonyl (C=O) groups is 1. The summed E-state index contributed by atoms with van der Waals surface area (Å²) < 4.78 is 27.6. The molecule has 1 saturated carbocycles. The van der Waals surface area contributed by atoms with Gasteiger partial charge in [0, 0.05) is 17.8 Å². The lowest BCUT2D eigenvalue weighted by atomic mass is 9.75. The van der Waals surface area contributed by atoms with Crippen molar-refractivity contribution in [3.8, 4) is 0 Å². The summed E-state index contributed by atoms with van der Waals surface area (Å²) >= 11 is 6.05. The van der Waals surface area contributed by atoms with Gasteiger partial charge in [-0.25, -0.2) is 8.78 Å². The summed E-state index contributed by atoms with van der Waals surface area (Å²) in [6.45, 7) is 1.87. The zero-order valence-electron chi connectivity index (χ0n) is 12.1. The molecule has 1 fully saturated rings. The van der Waals surface area contributed by atoms with E-state index in [-0.39, 0.29) is 11.0 Å². The first-order valence-corrected chi connectivity index (χ1v) is 7.81. The summed E-state index contributed by atoms with van der Waals surface area (Å²) in [6.07, 6.45) is 5.21. The predicted octanol–water partition coefficient (Wildman–Crippen LogP) is 4.19. The second-order valence-electron chi connectivity index (χ2n) is 5.93. The van der Waals surface area contributed by atoms with Gasteiger partial charge in [-0.2, -0.15) is 0 Å². The van der Waals surface area contributed by atoms with Crippen molar-refractivity contribution in [1.29, 1.82) is 0 Å². The number of hydrogen-bond donors (Lipinski definition) is 1. The van der Waals surface area contributed by atoms with Crippen LogP contribution in [0.5, 0.6) is 0 Å². The van der Waals surface area contributed by atoms with Gasteiger partial charge in [0.1, 0.15) is 17.2 Å². The monoisotopic (exact) mass is 315 g/mol. The molecule has 2 rings (SSSR count). The average Bonchev–Trinajstić information content (AvgIpc) is 2.50. The van der Waals surface area contributed by atoms with E-state index in [1.165, 1.54) is 19.4 Å². The van der Waals surface area contributed by atoms with Gasteiger partial charge in [0.2, 0.25) is 0 Å². The minimum atomic E-state index is -0.834. The highest BCUT2D eigenvalue weighted by atomic mass is 35.5. The van der Waals surface area contributed by atoms with Crippen LogP contribution in [0.3, 0.4) is 0 Å². The number of alkyl halides is 1. The third-order valence-corrected chi connectivity index (χ3v) is 4.90. The van der Waals surface area contributed by atoms with Gasteiger partial charge in [0.05, 0.1) is 0 Å². The minimum Gasteiger partial charge on any atom is -0.351 e. The molecule has 1 amide bonds. The molecule has 0 saturated heterocycles. The number of rotatable bonds is 4. The van der Waals surface area contributed by atoms with E-state index >= 15 is 0 Å². The Morgan fingerprint density at radius 2 is 1.95 bits per heavy atom. The number of nitrogens with one attached hydrogen (secondary N) is 1.